The number of likely N-dealkylation sites (N-methyl/N-ethyl adjacent to an activating group) is 1. The summed E-state index contributed by atoms with van der Waals surface area (Å²) in [4.78, 5) is 14.6. The van der Waals surface area contributed by atoms with E-state index in [0.29, 0.717) is 6.04 Å². The Morgan fingerprint density at radius 3 is 2.59 bits per heavy atom. The fourth-order valence-electron chi connectivity index (χ4n) is 2.70. The SMILES string of the molecule is CCC(C)N(CC)C(=O)C1NCCCC1(C)C. The smallest absolute Gasteiger partial charge is 0.240 e. The molecule has 2 unspecified atom stereocenters. The van der Waals surface area contributed by atoms with Crippen LogP contribution >= 0.6 is 0 Å². The first kappa shape index (κ1) is 14.5. The van der Waals surface area contributed by atoms with Gasteiger partial charge < -0.3 is 10.2 Å². The number of nitrogens with zero attached hydrogens (tertiary/aromatic N) is 1. The third kappa shape index (κ3) is 3.21. The Kier molecular flexibility index (Phi) is 4.99. The number of carbonyl (C=O) groups is 1. The van der Waals surface area contributed by atoms with Crippen LogP contribution in [-0.4, -0.2) is 36.0 Å². The van der Waals surface area contributed by atoms with Crippen molar-refractivity contribution in [2.75, 3.05) is 13.1 Å². The molecule has 0 spiro atoms. The Morgan fingerprint density at radius 2 is 2.12 bits per heavy atom. The van der Waals surface area contributed by atoms with E-state index in [4.69, 9.17) is 0 Å². The number of nitrogens with one attached hydrogen (secondary N) is 1. The molecule has 0 saturated carbocycles. The van der Waals surface area contributed by atoms with Crippen molar-refractivity contribution in [3.8, 4) is 0 Å². The zero-order chi connectivity index (χ0) is 13.1. The first-order chi connectivity index (χ1) is 7.94. The number of carbonyl (C=O) groups excluding carboxylic acids is 1. The Labute approximate surface area is 106 Å². The average Bonchev–Trinajstić information content (AvgIpc) is 2.28. The predicted molar refractivity (Wildman–Crippen MR) is 71.9 cm³/mol. The van der Waals surface area contributed by atoms with Crippen molar-refractivity contribution in [3.63, 3.8) is 0 Å². The van der Waals surface area contributed by atoms with Gasteiger partial charge in [-0.2, -0.15) is 0 Å². The summed E-state index contributed by atoms with van der Waals surface area (Å²) in [6, 6.07) is 0.331. The van der Waals surface area contributed by atoms with E-state index in [-0.39, 0.29) is 17.4 Å². The van der Waals surface area contributed by atoms with Gasteiger partial charge in [0.25, 0.3) is 0 Å². The van der Waals surface area contributed by atoms with Gasteiger partial charge in [0.2, 0.25) is 5.91 Å². The molecule has 1 aliphatic heterocycles. The number of hydrogen-bond acceptors (Lipinski definition) is 2. The van der Waals surface area contributed by atoms with E-state index >= 15 is 0 Å². The predicted octanol–water partition coefficient (Wildman–Crippen LogP) is 2.41. The van der Waals surface area contributed by atoms with Crippen LogP contribution in [0.5, 0.6) is 0 Å². The van der Waals surface area contributed by atoms with Crippen molar-refractivity contribution in [3.05, 3.63) is 0 Å². The van der Waals surface area contributed by atoms with Gasteiger partial charge in [0, 0.05) is 12.6 Å². The fourth-order valence-corrected chi connectivity index (χ4v) is 2.70. The minimum Gasteiger partial charge on any atom is -0.339 e. The first-order valence-corrected chi connectivity index (χ1v) is 6.98. The third-order valence-corrected chi connectivity index (χ3v) is 4.12. The van der Waals surface area contributed by atoms with E-state index in [0.717, 1.165) is 25.9 Å². The molecule has 1 saturated heterocycles. The quantitative estimate of drug-likeness (QED) is 0.818. The zero-order valence-electron chi connectivity index (χ0n) is 12.0. The second kappa shape index (κ2) is 5.85. The minimum atomic E-state index is -0.00907. The number of hydrogen-bond donors (Lipinski definition) is 1. The van der Waals surface area contributed by atoms with Gasteiger partial charge in [-0.3, -0.25) is 4.79 Å². The summed E-state index contributed by atoms with van der Waals surface area (Å²) >= 11 is 0. The molecular formula is C14H28N2O. The van der Waals surface area contributed by atoms with Crippen LogP contribution in [0.15, 0.2) is 0 Å². The molecule has 1 heterocycles. The molecule has 17 heavy (non-hydrogen) atoms. The Balaban J connectivity index is 2.79. The normalized spacial score (nSPS) is 25.4. The summed E-state index contributed by atoms with van der Waals surface area (Å²) in [6.07, 6.45) is 3.33. The number of piperidine rings is 1. The summed E-state index contributed by atoms with van der Waals surface area (Å²) < 4.78 is 0. The van der Waals surface area contributed by atoms with Gasteiger partial charge in [-0.05, 0) is 45.1 Å². The van der Waals surface area contributed by atoms with Gasteiger partial charge in [-0.25, -0.2) is 0 Å². The maximum absolute atomic E-state index is 12.6. The highest BCUT2D eigenvalue weighted by atomic mass is 16.2. The summed E-state index contributed by atoms with van der Waals surface area (Å²) in [6.45, 7) is 12.5. The van der Waals surface area contributed by atoms with Crippen molar-refractivity contribution in [2.45, 2.75) is 66.0 Å². The van der Waals surface area contributed by atoms with E-state index in [1.807, 2.05) is 4.90 Å². The highest BCUT2D eigenvalue weighted by Gasteiger charge is 2.39. The molecule has 3 nitrogen and oxygen atoms in total. The first-order valence-electron chi connectivity index (χ1n) is 6.98. The second-order valence-electron chi connectivity index (χ2n) is 5.86. The van der Waals surface area contributed by atoms with Gasteiger partial charge in [-0.15, -0.1) is 0 Å². The molecule has 0 aliphatic carbocycles. The van der Waals surface area contributed by atoms with Gasteiger partial charge in [0.1, 0.15) is 0 Å². The van der Waals surface area contributed by atoms with E-state index in [2.05, 4.69) is 39.9 Å². The van der Waals surface area contributed by atoms with E-state index in [9.17, 15) is 4.79 Å². The average molecular weight is 240 g/mol. The Morgan fingerprint density at radius 1 is 1.47 bits per heavy atom. The third-order valence-electron chi connectivity index (χ3n) is 4.12. The molecule has 0 aromatic carbocycles. The molecule has 0 aromatic rings. The molecular weight excluding hydrogens is 212 g/mol. The highest BCUT2D eigenvalue weighted by Crippen LogP contribution is 2.31. The lowest BCUT2D eigenvalue weighted by atomic mass is 9.77. The Hall–Kier alpha value is -0.570. The van der Waals surface area contributed by atoms with Gasteiger partial charge in [0.15, 0.2) is 0 Å². The molecule has 0 aromatic heterocycles. The van der Waals surface area contributed by atoms with Gasteiger partial charge in [-0.1, -0.05) is 20.8 Å². The lowest BCUT2D eigenvalue weighted by Gasteiger charge is -2.42. The zero-order valence-corrected chi connectivity index (χ0v) is 12.0. The monoisotopic (exact) mass is 240 g/mol. The van der Waals surface area contributed by atoms with Crippen LogP contribution in [0.4, 0.5) is 0 Å². The van der Waals surface area contributed by atoms with Crippen LogP contribution in [0.3, 0.4) is 0 Å². The minimum absolute atomic E-state index is 0.00907. The van der Waals surface area contributed by atoms with Crippen LogP contribution < -0.4 is 5.32 Å². The molecule has 1 amide bonds. The van der Waals surface area contributed by atoms with Crippen molar-refractivity contribution in [2.24, 2.45) is 5.41 Å². The second-order valence-corrected chi connectivity index (χ2v) is 5.86. The fraction of sp³-hybridized carbons (Fsp3) is 0.929. The summed E-state index contributed by atoms with van der Waals surface area (Å²) in [5, 5.41) is 3.41. The van der Waals surface area contributed by atoms with Crippen LogP contribution in [0.2, 0.25) is 0 Å². The van der Waals surface area contributed by atoms with E-state index in [1.165, 1.54) is 6.42 Å². The van der Waals surface area contributed by atoms with Crippen LogP contribution in [0, 0.1) is 5.41 Å². The molecule has 3 heteroatoms. The maximum Gasteiger partial charge on any atom is 0.240 e. The molecule has 0 radical (unpaired) electrons. The topological polar surface area (TPSA) is 32.3 Å². The molecule has 1 N–H and O–H groups in total. The lowest BCUT2D eigenvalue weighted by Crippen LogP contribution is -2.58. The molecule has 0 bridgehead atoms. The van der Waals surface area contributed by atoms with Crippen molar-refractivity contribution in [1.29, 1.82) is 0 Å². The van der Waals surface area contributed by atoms with Gasteiger partial charge in [0.05, 0.1) is 6.04 Å². The summed E-state index contributed by atoms with van der Waals surface area (Å²) in [7, 11) is 0. The molecule has 2 atom stereocenters. The largest absolute Gasteiger partial charge is 0.339 e. The molecule has 100 valence electrons. The van der Waals surface area contributed by atoms with Crippen molar-refractivity contribution in [1.82, 2.24) is 10.2 Å². The highest BCUT2D eigenvalue weighted by molar-refractivity contribution is 5.83. The summed E-state index contributed by atoms with van der Waals surface area (Å²) in [5.41, 5.74) is 0.0796. The standard InChI is InChI=1S/C14H28N2O/c1-6-11(3)16(7-2)13(17)12-14(4,5)9-8-10-15-12/h11-12,15H,6-10H2,1-5H3. The lowest BCUT2D eigenvalue weighted by molar-refractivity contribution is -0.139. The Bertz CT molecular complexity index is 263. The van der Waals surface area contributed by atoms with Crippen LogP contribution in [0.1, 0.15) is 53.9 Å². The van der Waals surface area contributed by atoms with Crippen molar-refractivity contribution < 1.29 is 4.79 Å². The van der Waals surface area contributed by atoms with E-state index in [1.54, 1.807) is 0 Å². The molecule has 1 aliphatic rings. The number of amides is 1. The van der Waals surface area contributed by atoms with E-state index < -0.39 is 0 Å². The van der Waals surface area contributed by atoms with Crippen molar-refractivity contribution >= 4 is 5.91 Å². The van der Waals surface area contributed by atoms with Crippen LogP contribution in [-0.2, 0) is 4.79 Å². The molecule has 1 fully saturated rings. The number of rotatable bonds is 4. The molecule has 1 rings (SSSR count). The van der Waals surface area contributed by atoms with Gasteiger partial charge >= 0.3 is 0 Å². The van der Waals surface area contributed by atoms with Crippen LogP contribution in [0.25, 0.3) is 0 Å². The maximum atomic E-state index is 12.6. The summed E-state index contributed by atoms with van der Waals surface area (Å²) in [5.74, 6) is 0.284.